The van der Waals surface area contributed by atoms with Gasteiger partial charge in [0.1, 0.15) is 53.8 Å². The van der Waals surface area contributed by atoms with Crippen LogP contribution in [0.1, 0.15) is 57.6 Å². The van der Waals surface area contributed by atoms with Gasteiger partial charge in [-0.25, -0.2) is 0 Å². The summed E-state index contributed by atoms with van der Waals surface area (Å²) in [7, 11) is 1.93. The van der Waals surface area contributed by atoms with E-state index in [1.54, 1.807) is 13.8 Å². The van der Waals surface area contributed by atoms with Gasteiger partial charge < -0.3 is 73.8 Å². The second kappa shape index (κ2) is 28.5. The van der Waals surface area contributed by atoms with Crippen molar-refractivity contribution >= 4 is 86.7 Å². The van der Waals surface area contributed by atoms with E-state index >= 15 is 0 Å². The molecule has 0 spiro atoms. The molecule has 9 amide bonds. The molecule has 0 bridgehead atoms. The molecule has 0 radical (unpaired) electrons. The molecule has 15 N–H and O–H groups in total. The predicted octanol–water partition coefficient (Wildman–Crippen LogP) is -2.96. The number of aliphatic carboxylic acids is 2. The number of aromatic hydroxyl groups is 2. The Morgan fingerprint density at radius 2 is 1.23 bits per heavy atom. The molecule has 1 aliphatic rings. The van der Waals surface area contributed by atoms with Gasteiger partial charge in [0.25, 0.3) is 0 Å². The maximum atomic E-state index is 14.1. The van der Waals surface area contributed by atoms with E-state index in [9.17, 15) is 78.3 Å². The zero-order valence-corrected chi connectivity index (χ0v) is 40.4. The van der Waals surface area contributed by atoms with E-state index in [0.717, 1.165) is 28.5 Å². The third-order valence-corrected chi connectivity index (χ3v) is 12.7. The lowest BCUT2D eigenvalue weighted by Crippen LogP contribution is -2.61. The van der Waals surface area contributed by atoms with E-state index in [1.165, 1.54) is 48.5 Å². The SMILES string of the molecule is CC(C)C[C@H](NC(=O)[C@@H]1CSSCCC(=O)N[C@@H](CC(=O)O)C(=O)N[C@@H](Cc2ccc(O)cc2)C(=O)N[C@@H](Cc2ccc(O)cc2)C(=O)NCC(=O)N[C@@H](C(C)O)C(=O)N1)C(=O)N[C@@H](CC(=O)O)C(N)=O. The highest BCUT2D eigenvalue weighted by molar-refractivity contribution is 8.76. The fourth-order valence-electron chi connectivity index (χ4n) is 6.67. The number of carboxylic acids is 2. The summed E-state index contributed by atoms with van der Waals surface area (Å²) in [5.41, 5.74) is 6.09. The van der Waals surface area contributed by atoms with Crippen LogP contribution < -0.4 is 48.3 Å². The lowest BCUT2D eigenvalue weighted by molar-refractivity contribution is -0.141. The maximum Gasteiger partial charge on any atom is 0.305 e. The molecule has 2 aromatic rings. The Labute approximate surface area is 414 Å². The summed E-state index contributed by atoms with van der Waals surface area (Å²) in [5.74, 6) is -12.9. The first kappa shape index (κ1) is 58.2. The number of amides is 9. The van der Waals surface area contributed by atoms with Gasteiger partial charge in [-0.2, -0.15) is 0 Å². The van der Waals surface area contributed by atoms with Gasteiger partial charge in [-0.15, -0.1) is 0 Å². The first-order chi connectivity index (χ1) is 33.4. The number of aliphatic hydroxyl groups is 1. The number of nitrogens with one attached hydrogen (secondary N) is 8. The van der Waals surface area contributed by atoms with Gasteiger partial charge >= 0.3 is 11.9 Å². The zero-order chi connectivity index (χ0) is 52.9. The number of carboxylic acid groups (broad SMARTS) is 2. The Morgan fingerprint density at radius 1 is 0.676 bits per heavy atom. The molecule has 0 aromatic heterocycles. The number of hydrogen-bond donors (Lipinski definition) is 14. The third-order valence-electron chi connectivity index (χ3n) is 10.3. The number of rotatable bonds is 16. The van der Waals surface area contributed by atoms with Gasteiger partial charge in [0.15, 0.2) is 0 Å². The normalized spacial score (nSPS) is 21.6. The topological polar surface area (TPSA) is 411 Å². The smallest absolute Gasteiger partial charge is 0.305 e. The first-order valence-electron chi connectivity index (χ1n) is 22.0. The maximum absolute atomic E-state index is 14.1. The number of carbonyl (C=O) groups excluding carboxylic acids is 9. The average molecular weight is 1030 g/mol. The summed E-state index contributed by atoms with van der Waals surface area (Å²) in [6.07, 6.45) is -4.33. The van der Waals surface area contributed by atoms with Crippen LogP contribution in [0.4, 0.5) is 0 Å². The number of hydrogen-bond acceptors (Lipinski definition) is 16. The fraction of sp³-hybridized carbons (Fsp3) is 0.477. The molecular weight excluding hydrogens is 975 g/mol. The van der Waals surface area contributed by atoms with Crippen molar-refractivity contribution in [3.05, 3.63) is 59.7 Å². The van der Waals surface area contributed by atoms with Gasteiger partial charge in [-0.05, 0) is 54.7 Å². The molecular formula is C44H59N9O16S2. The quantitative estimate of drug-likeness (QED) is 0.0747. The Bertz CT molecular complexity index is 2250. The summed E-state index contributed by atoms with van der Waals surface area (Å²) < 4.78 is 0. The van der Waals surface area contributed by atoms with Crippen LogP contribution >= 0.6 is 21.6 Å². The number of nitrogens with two attached hydrogens (primary N) is 1. The van der Waals surface area contributed by atoms with Gasteiger partial charge in [0.05, 0.1) is 25.5 Å². The van der Waals surface area contributed by atoms with Gasteiger partial charge in [-0.1, -0.05) is 59.7 Å². The van der Waals surface area contributed by atoms with Crippen LogP contribution in [0.2, 0.25) is 0 Å². The molecule has 2 aromatic carbocycles. The van der Waals surface area contributed by atoms with E-state index in [4.69, 9.17) is 5.73 Å². The van der Waals surface area contributed by atoms with Gasteiger partial charge in [0, 0.05) is 30.8 Å². The molecule has 8 atom stereocenters. The number of aliphatic hydroxyl groups excluding tert-OH is 1. The fourth-order valence-corrected chi connectivity index (χ4v) is 8.82. The van der Waals surface area contributed by atoms with Gasteiger partial charge in [0.2, 0.25) is 53.2 Å². The summed E-state index contributed by atoms with van der Waals surface area (Å²) in [6, 6.07) is -0.151. The Kier molecular flexibility index (Phi) is 23.4. The highest BCUT2D eigenvalue weighted by Gasteiger charge is 2.35. The monoisotopic (exact) mass is 1030 g/mol. The molecule has 1 fully saturated rings. The van der Waals surface area contributed by atoms with E-state index in [-0.39, 0.29) is 54.6 Å². The third kappa shape index (κ3) is 20.8. The van der Waals surface area contributed by atoms with Crippen molar-refractivity contribution in [1.82, 2.24) is 42.5 Å². The highest BCUT2D eigenvalue weighted by Crippen LogP contribution is 2.23. The van der Waals surface area contributed by atoms with Crippen molar-refractivity contribution in [2.75, 3.05) is 18.1 Å². The van der Waals surface area contributed by atoms with Crippen molar-refractivity contribution in [2.45, 2.75) is 108 Å². The summed E-state index contributed by atoms with van der Waals surface area (Å²) in [5, 5.41) is 68.3. The van der Waals surface area contributed by atoms with E-state index in [0.29, 0.717) is 11.1 Å². The van der Waals surface area contributed by atoms with Crippen LogP contribution in [0.5, 0.6) is 11.5 Å². The summed E-state index contributed by atoms with van der Waals surface area (Å²) in [4.78, 5) is 145. The standard InChI is InChI=1S/C44H59N9O16S2/c1-21(2)14-28(40(65)48-27(38(45)63)17-35(59)60)49-43(68)32-20-71-70-13-12-33(57)47-31(18-36(61)62)42(67)51-30(16-24-6-10-26(56)11-7-24)41(66)50-29(15-23-4-8-25(55)9-5-23)39(64)46-19-34(58)53-37(22(3)54)44(69)52-32/h4-11,21-22,27-32,37,54-56H,12-20H2,1-3H3,(H2,45,63)(H,46,64)(H,47,57)(H,48,65)(H,49,68)(H,50,66)(H,51,67)(H,52,69)(H,53,58)(H,59,60)(H,61,62)/t22?,27-,28-,29-,30-,31-,32-,37-/m0/s1. The number of phenolic OH excluding ortho intramolecular Hbond substituents is 2. The van der Waals surface area contributed by atoms with E-state index in [1.807, 2.05) is 0 Å². The Hall–Kier alpha value is -7.13. The largest absolute Gasteiger partial charge is 0.508 e. The second-order valence-electron chi connectivity index (χ2n) is 16.8. The Morgan fingerprint density at radius 3 is 1.73 bits per heavy atom. The first-order valence-corrected chi connectivity index (χ1v) is 24.5. The van der Waals surface area contributed by atoms with Crippen molar-refractivity contribution < 1.29 is 78.3 Å². The molecule has 27 heteroatoms. The molecule has 3 rings (SSSR count). The lowest BCUT2D eigenvalue weighted by Gasteiger charge is -2.27. The highest BCUT2D eigenvalue weighted by atomic mass is 33.1. The number of benzene rings is 2. The average Bonchev–Trinajstić information content (AvgIpc) is 3.28. The molecule has 0 aliphatic carbocycles. The van der Waals surface area contributed by atoms with Crippen LogP contribution in [-0.2, 0) is 65.6 Å². The zero-order valence-electron chi connectivity index (χ0n) is 38.8. The molecule has 71 heavy (non-hydrogen) atoms. The molecule has 1 unspecified atom stereocenters. The predicted molar refractivity (Wildman–Crippen MR) is 255 cm³/mol. The minimum atomic E-state index is -1.77. The minimum Gasteiger partial charge on any atom is -0.508 e. The molecule has 1 saturated heterocycles. The molecule has 388 valence electrons. The van der Waals surface area contributed by atoms with Crippen molar-refractivity contribution in [3.8, 4) is 11.5 Å². The van der Waals surface area contributed by atoms with Crippen LogP contribution in [0.15, 0.2) is 48.5 Å². The van der Waals surface area contributed by atoms with E-state index in [2.05, 4.69) is 42.5 Å². The molecule has 25 nitrogen and oxygen atoms in total. The van der Waals surface area contributed by atoms with Crippen LogP contribution in [0, 0.1) is 5.92 Å². The number of carbonyl (C=O) groups is 11. The molecule has 0 saturated carbocycles. The summed E-state index contributed by atoms with van der Waals surface area (Å²) >= 11 is 0. The molecule has 1 heterocycles. The van der Waals surface area contributed by atoms with Crippen LogP contribution in [-0.4, -0.2) is 157 Å². The van der Waals surface area contributed by atoms with Crippen LogP contribution in [0.3, 0.4) is 0 Å². The second-order valence-corrected chi connectivity index (χ2v) is 19.4. The number of primary amides is 1. The van der Waals surface area contributed by atoms with Crippen LogP contribution in [0.25, 0.3) is 0 Å². The molecule has 1 aliphatic heterocycles. The number of phenols is 2. The van der Waals surface area contributed by atoms with Crippen molar-refractivity contribution in [1.29, 1.82) is 0 Å². The minimum absolute atomic E-state index is 0.0294. The lowest BCUT2D eigenvalue weighted by atomic mass is 10.0. The Balaban J connectivity index is 2.02. The van der Waals surface area contributed by atoms with Gasteiger partial charge in [-0.3, -0.25) is 52.7 Å². The van der Waals surface area contributed by atoms with Crippen molar-refractivity contribution in [3.63, 3.8) is 0 Å². The van der Waals surface area contributed by atoms with E-state index < -0.39 is 133 Å². The summed E-state index contributed by atoms with van der Waals surface area (Å²) in [6.45, 7) is 3.69. The van der Waals surface area contributed by atoms with Crippen molar-refractivity contribution in [2.24, 2.45) is 11.7 Å².